The van der Waals surface area contributed by atoms with E-state index < -0.39 is 23.8 Å². The first-order chi connectivity index (χ1) is 19.5. The number of anilines is 1. The maximum absolute atomic E-state index is 15.1. The Morgan fingerprint density at radius 2 is 1.90 bits per heavy atom. The van der Waals surface area contributed by atoms with Crippen LogP contribution in [0.1, 0.15) is 35.6 Å². The fourth-order valence-corrected chi connectivity index (χ4v) is 5.07. The second-order valence-corrected chi connectivity index (χ2v) is 9.75. The first-order valence-corrected chi connectivity index (χ1v) is 13.4. The maximum Gasteiger partial charge on any atom is 0.269 e. The predicted molar refractivity (Wildman–Crippen MR) is 150 cm³/mol. The summed E-state index contributed by atoms with van der Waals surface area (Å²) in [5.41, 5.74) is 4.78. The summed E-state index contributed by atoms with van der Waals surface area (Å²) in [7, 11) is 0. The molecule has 0 fully saturated rings. The summed E-state index contributed by atoms with van der Waals surface area (Å²) in [6.07, 6.45) is 0.128. The molecular formula is C31H28FN5O3. The molecule has 2 N–H and O–H groups in total. The highest BCUT2D eigenvalue weighted by molar-refractivity contribution is 6.19. The molecule has 40 heavy (non-hydrogen) atoms. The summed E-state index contributed by atoms with van der Waals surface area (Å²) in [6, 6.07) is 21.9. The minimum atomic E-state index is -1.17. The number of rotatable bonds is 6. The van der Waals surface area contributed by atoms with Crippen LogP contribution >= 0.6 is 0 Å². The number of hydrogen-bond donors (Lipinski definition) is 2. The molecule has 1 aromatic heterocycles. The summed E-state index contributed by atoms with van der Waals surface area (Å²) in [5.74, 6) is -0.878. The van der Waals surface area contributed by atoms with Crippen molar-refractivity contribution in [1.29, 1.82) is 0 Å². The van der Waals surface area contributed by atoms with Gasteiger partial charge >= 0.3 is 0 Å². The molecule has 3 heterocycles. The summed E-state index contributed by atoms with van der Waals surface area (Å²) >= 11 is 0. The first-order valence-electron chi connectivity index (χ1n) is 13.4. The molecule has 0 spiro atoms. The zero-order valence-corrected chi connectivity index (χ0v) is 22.0. The number of ether oxygens (including phenoxy) is 1. The number of carbonyl (C=O) groups excluding carboxylic acids is 2. The Balaban J connectivity index is 1.33. The summed E-state index contributed by atoms with van der Waals surface area (Å²) < 4.78 is 22.7. The third-order valence-corrected chi connectivity index (χ3v) is 7.08. The minimum absolute atomic E-state index is 0.160. The van der Waals surface area contributed by atoms with Crippen LogP contribution in [0.15, 0.2) is 77.8 Å². The Bertz CT molecular complexity index is 1630. The molecule has 2 amide bonds. The third-order valence-electron chi connectivity index (χ3n) is 7.08. The SMILES string of the molecule is CCc1ccc(-c2nn3c(c2CC(=O)N[C@H]2N=C(c4ccccc4)c4ccccc4NC2=O)OCCC3)c(F)c1. The molecule has 9 heteroatoms. The van der Waals surface area contributed by atoms with E-state index >= 15 is 4.39 Å². The van der Waals surface area contributed by atoms with Crippen LogP contribution in [0.2, 0.25) is 0 Å². The lowest BCUT2D eigenvalue weighted by Crippen LogP contribution is -2.43. The number of fused-ring (bicyclic) bond motifs is 2. The predicted octanol–water partition coefficient (Wildman–Crippen LogP) is 4.51. The van der Waals surface area contributed by atoms with Gasteiger partial charge in [0, 0.05) is 29.7 Å². The van der Waals surface area contributed by atoms with Crippen molar-refractivity contribution >= 4 is 23.2 Å². The van der Waals surface area contributed by atoms with E-state index in [4.69, 9.17) is 9.73 Å². The molecule has 8 nitrogen and oxygen atoms in total. The number of nitrogens with zero attached hydrogens (tertiary/aromatic N) is 3. The van der Waals surface area contributed by atoms with Crippen molar-refractivity contribution in [3.63, 3.8) is 0 Å². The van der Waals surface area contributed by atoms with Gasteiger partial charge in [0.1, 0.15) is 11.5 Å². The monoisotopic (exact) mass is 537 g/mol. The molecule has 4 aromatic rings. The van der Waals surface area contributed by atoms with E-state index in [1.165, 1.54) is 6.07 Å². The van der Waals surface area contributed by atoms with E-state index in [9.17, 15) is 9.59 Å². The number of benzodiazepines with no additional fused rings is 1. The zero-order valence-electron chi connectivity index (χ0n) is 22.0. The van der Waals surface area contributed by atoms with Crippen molar-refractivity contribution < 1.29 is 18.7 Å². The number of hydrogen-bond acceptors (Lipinski definition) is 5. The zero-order chi connectivity index (χ0) is 27.6. The summed E-state index contributed by atoms with van der Waals surface area (Å²) in [4.78, 5) is 31.4. The van der Waals surface area contributed by atoms with Crippen LogP contribution in [0.5, 0.6) is 5.88 Å². The Labute approximate surface area is 230 Å². The van der Waals surface area contributed by atoms with Crippen LogP contribution in [0.3, 0.4) is 0 Å². The molecule has 202 valence electrons. The van der Waals surface area contributed by atoms with E-state index in [2.05, 4.69) is 15.7 Å². The lowest BCUT2D eigenvalue weighted by atomic mass is 10.0. The Kier molecular flexibility index (Phi) is 6.86. The van der Waals surface area contributed by atoms with E-state index in [0.717, 1.165) is 23.1 Å². The lowest BCUT2D eigenvalue weighted by Gasteiger charge is -2.17. The van der Waals surface area contributed by atoms with Crippen LogP contribution in [-0.2, 0) is 29.0 Å². The third kappa shape index (κ3) is 4.86. The van der Waals surface area contributed by atoms with E-state index in [-0.39, 0.29) is 6.42 Å². The largest absolute Gasteiger partial charge is 0.478 e. The standard InChI is InChI=1S/C31H28FN5O3/c1-2-19-13-14-21(24(32)17-19)28-23(31-37(36-28)15-8-16-40-31)18-26(38)34-29-30(39)33-25-12-7-6-11-22(25)27(35-29)20-9-4-3-5-10-20/h3-7,9-14,17,29H,2,8,15-16,18H2,1H3,(H,33,39)(H,34,38)/t29-/m0/s1. The molecule has 1 atom stereocenters. The summed E-state index contributed by atoms with van der Waals surface area (Å²) in [6.45, 7) is 3.04. The van der Waals surface area contributed by atoms with Gasteiger partial charge in [-0.05, 0) is 30.2 Å². The lowest BCUT2D eigenvalue weighted by molar-refractivity contribution is -0.125. The van der Waals surface area contributed by atoms with Gasteiger partial charge in [-0.15, -0.1) is 0 Å². The molecule has 0 saturated heterocycles. The van der Waals surface area contributed by atoms with Crippen molar-refractivity contribution in [2.24, 2.45) is 4.99 Å². The number of aliphatic imine (C=N–C) groups is 1. The van der Waals surface area contributed by atoms with Gasteiger partial charge in [0.05, 0.1) is 30.0 Å². The van der Waals surface area contributed by atoms with E-state index in [1.54, 1.807) is 16.8 Å². The Morgan fingerprint density at radius 1 is 1.10 bits per heavy atom. The number of carbonyl (C=O) groups is 2. The van der Waals surface area contributed by atoms with E-state index in [1.807, 2.05) is 61.5 Å². The number of nitrogens with one attached hydrogen (secondary N) is 2. The molecule has 0 radical (unpaired) electrons. The average molecular weight is 538 g/mol. The van der Waals surface area contributed by atoms with Gasteiger partial charge in [-0.3, -0.25) is 9.59 Å². The highest BCUT2D eigenvalue weighted by Gasteiger charge is 2.30. The molecule has 0 aliphatic carbocycles. The number of halogens is 1. The maximum atomic E-state index is 15.1. The van der Waals surface area contributed by atoms with Gasteiger partial charge in [0.15, 0.2) is 0 Å². The highest BCUT2D eigenvalue weighted by atomic mass is 19.1. The van der Waals surface area contributed by atoms with Crippen molar-refractivity contribution in [3.8, 4) is 17.1 Å². The van der Waals surface area contributed by atoms with Crippen LogP contribution in [0.25, 0.3) is 11.3 Å². The Morgan fingerprint density at radius 3 is 2.70 bits per heavy atom. The molecule has 0 bridgehead atoms. The molecule has 0 unspecified atom stereocenters. The van der Waals surface area contributed by atoms with Gasteiger partial charge in [-0.2, -0.15) is 5.10 Å². The molecule has 0 saturated carbocycles. The quantitative estimate of drug-likeness (QED) is 0.378. The number of aryl methyl sites for hydroxylation is 2. The van der Waals surface area contributed by atoms with Crippen LogP contribution in [-0.4, -0.2) is 40.1 Å². The van der Waals surface area contributed by atoms with Crippen molar-refractivity contribution in [3.05, 3.63) is 101 Å². The first kappa shape index (κ1) is 25.5. The summed E-state index contributed by atoms with van der Waals surface area (Å²) in [5, 5.41) is 10.3. The van der Waals surface area contributed by atoms with Crippen molar-refractivity contribution in [2.75, 3.05) is 11.9 Å². The fourth-order valence-electron chi connectivity index (χ4n) is 5.07. The molecular weight excluding hydrogens is 509 g/mol. The van der Waals surface area contributed by atoms with E-state index in [0.29, 0.717) is 53.7 Å². The molecule has 6 rings (SSSR count). The normalized spacial score (nSPS) is 16.1. The highest BCUT2D eigenvalue weighted by Crippen LogP contribution is 2.35. The van der Waals surface area contributed by atoms with Crippen LogP contribution in [0.4, 0.5) is 10.1 Å². The number of amides is 2. The second kappa shape index (κ2) is 10.8. The van der Waals surface area contributed by atoms with Crippen LogP contribution in [0, 0.1) is 5.82 Å². The van der Waals surface area contributed by atoms with Crippen molar-refractivity contribution in [2.45, 2.75) is 38.9 Å². The number of benzene rings is 3. The Hall–Kier alpha value is -4.79. The van der Waals surface area contributed by atoms with Crippen LogP contribution < -0.4 is 15.4 Å². The smallest absolute Gasteiger partial charge is 0.269 e. The molecule has 2 aliphatic heterocycles. The number of aromatic nitrogens is 2. The average Bonchev–Trinajstić information content (AvgIpc) is 3.26. The molecule has 3 aromatic carbocycles. The second-order valence-electron chi connectivity index (χ2n) is 9.75. The molecule has 2 aliphatic rings. The van der Waals surface area contributed by atoms with Gasteiger partial charge in [0.2, 0.25) is 18.0 Å². The minimum Gasteiger partial charge on any atom is -0.478 e. The van der Waals surface area contributed by atoms with Gasteiger partial charge in [-0.1, -0.05) is 61.5 Å². The topological polar surface area (TPSA) is 97.6 Å². The van der Waals surface area contributed by atoms with Gasteiger partial charge < -0.3 is 15.4 Å². The van der Waals surface area contributed by atoms with Gasteiger partial charge in [-0.25, -0.2) is 14.1 Å². The van der Waals surface area contributed by atoms with Crippen molar-refractivity contribution in [1.82, 2.24) is 15.1 Å². The fraction of sp³-hybridized carbons (Fsp3) is 0.226. The number of para-hydroxylation sites is 1. The van der Waals surface area contributed by atoms with Gasteiger partial charge in [0.25, 0.3) is 5.91 Å².